The predicted octanol–water partition coefficient (Wildman–Crippen LogP) is 3.00. The van der Waals surface area contributed by atoms with E-state index in [2.05, 4.69) is 26.8 Å². The van der Waals surface area contributed by atoms with Crippen molar-refractivity contribution in [1.82, 2.24) is 10.9 Å². The van der Waals surface area contributed by atoms with Gasteiger partial charge >= 0.3 is 0 Å². The fourth-order valence-electron chi connectivity index (χ4n) is 3.15. The molecule has 0 saturated carbocycles. The first-order valence-electron chi connectivity index (χ1n) is 10.4. The van der Waals surface area contributed by atoms with Crippen LogP contribution in [0.2, 0.25) is 0 Å². The molecule has 0 radical (unpaired) electrons. The number of hydrazine groups is 1. The van der Waals surface area contributed by atoms with Crippen molar-refractivity contribution in [2.24, 2.45) is 4.99 Å². The maximum Gasteiger partial charge on any atom is 0.266 e. The van der Waals surface area contributed by atoms with Crippen LogP contribution >= 0.6 is 15.9 Å². The molecule has 3 N–H and O–H groups in total. The van der Waals surface area contributed by atoms with E-state index in [1.165, 1.54) is 0 Å². The summed E-state index contributed by atoms with van der Waals surface area (Å²) < 4.78 is 12.4. The standard InChI is InChI=1S/C23H28BrN3O4/c1-2-12-25-27-22(29)23(15-17-4-8-19(24)9-5-17)16-31-21(26-23)18-6-10-20(11-7-18)30-14-3-13-28/h4-11,25,28H,2-3,12-16H2,1H3,(H,27,29)/t23-/m0/s1. The lowest BCUT2D eigenvalue weighted by Crippen LogP contribution is -2.53. The molecule has 1 atom stereocenters. The average molecular weight is 490 g/mol. The van der Waals surface area contributed by atoms with Gasteiger partial charge in [-0.05, 0) is 48.4 Å². The van der Waals surface area contributed by atoms with Gasteiger partial charge in [-0.1, -0.05) is 35.0 Å². The first-order valence-corrected chi connectivity index (χ1v) is 11.2. The maximum absolute atomic E-state index is 13.1. The van der Waals surface area contributed by atoms with E-state index in [0.29, 0.717) is 37.6 Å². The third-order valence-electron chi connectivity index (χ3n) is 4.85. The zero-order valence-electron chi connectivity index (χ0n) is 17.6. The van der Waals surface area contributed by atoms with Gasteiger partial charge in [0.1, 0.15) is 12.4 Å². The van der Waals surface area contributed by atoms with E-state index in [-0.39, 0.29) is 19.1 Å². The fourth-order valence-corrected chi connectivity index (χ4v) is 3.42. The van der Waals surface area contributed by atoms with Crippen molar-refractivity contribution in [1.29, 1.82) is 0 Å². The van der Waals surface area contributed by atoms with Crippen LogP contribution in [-0.2, 0) is 16.0 Å². The number of amides is 1. The molecule has 2 aromatic rings. The Bertz CT molecular complexity index is 887. The lowest BCUT2D eigenvalue weighted by molar-refractivity contribution is -0.127. The number of nitrogens with one attached hydrogen (secondary N) is 2. The van der Waals surface area contributed by atoms with E-state index in [1.807, 2.05) is 55.5 Å². The molecular weight excluding hydrogens is 462 g/mol. The first-order chi connectivity index (χ1) is 15.1. The summed E-state index contributed by atoms with van der Waals surface area (Å²) in [5.74, 6) is 0.922. The summed E-state index contributed by atoms with van der Waals surface area (Å²) in [5, 5.41) is 8.86. The molecule has 1 aliphatic heterocycles. The second-order valence-electron chi connectivity index (χ2n) is 7.37. The summed E-state index contributed by atoms with van der Waals surface area (Å²) in [7, 11) is 0. The first kappa shape index (κ1) is 23.2. The summed E-state index contributed by atoms with van der Waals surface area (Å²) in [6, 6.07) is 15.2. The molecule has 0 unspecified atom stereocenters. The summed E-state index contributed by atoms with van der Waals surface area (Å²) in [6.45, 7) is 3.41. The van der Waals surface area contributed by atoms with E-state index in [4.69, 9.17) is 19.6 Å². The average Bonchev–Trinajstić information content (AvgIpc) is 3.21. The third kappa shape index (κ3) is 6.29. The number of carbonyl (C=O) groups excluding carboxylic acids is 1. The van der Waals surface area contributed by atoms with E-state index in [1.54, 1.807) is 0 Å². The molecule has 7 nitrogen and oxygen atoms in total. The van der Waals surface area contributed by atoms with Gasteiger partial charge in [-0.3, -0.25) is 10.2 Å². The molecule has 8 heteroatoms. The highest BCUT2D eigenvalue weighted by Crippen LogP contribution is 2.28. The molecular formula is C23H28BrN3O4. The van der Waals surface area contributed by atoms with Gasteiger partial charge in [-0.15, -0.1) is 0 Å². The number of nitrogens with zero attached hydrogens (tertiary/aromatic N) is 1. The number of halogens is 1. The molecule has 0 aromatic heterocycles. The zero-order valence-corrected chi connectivity index (χ0v) is 19.2. The van der Waals surface area contributed by atoms with E-state index >= 15 is 0 Å². The largest absolute Gasteiger partial charge is 0.494 e. The molecule has 0 aliphatic carbocycles. The molecule has 0 bridgehead atoms. The number of carbonyl (C=O) groups is 1. The van der Waals surface area contributed by atoms with Gasteiger partial charge in [-0.25, -0.2) is 10.4 Å². The number of hydrogen-bond donors (Lipinski definition) is 3. The third-order valence-corrected chi connectivity index (χ3v) is 5.37. The van der Waals surface area contributed by atoms with Crippen molar-refractivity contribution in [2.45, 2.75) is 31.7 Å². The van der Waals surface area contributed by atoms with Gasteiger partial charge in [0.15, 0.2) is 5.54 Å². The maximum atomic E-state index is 13.1. The van der Waals surface area contributed by atoms with Crippen LogP contribution < -0.4 is 15.6 Å². The van der Waals surface area contributed by atoms with Crippen molar-refractivity contribution in [2.75, 3.05) is 26.4 Å². The fraction of sp³-hybridized carbons (Fsp3) is 0.391. The van der Waals surface area contributed by atoms with Crippen LogP contribution in [0.25, 0.3) is 0 Å². The summed E-state index contributed by atoms with van der Waals surface area (Å²) >= 11 is 3.44. The highest BCUT2D eigenvalue weighted by atomic mass is 79.9. The number of ether oxygens (including phenoxy) is 2. The molecule has 1 heterocycles. The minimum absolute atomic E-state index is 0.0956. The van der Waals surface area contributed by atoms with Gasteiger partial charge in [-0.2, -0.15) is 0 Å². The molecule has 1 aliphatic rings. The summed E-state index contributed by atoms with van der Waals surface area (Å²) in [4.78, 5) is 17.8. The second kappa shape index (κ2) is 11.3. The topological polar surface area (TPSA) is 92.2 Å². The van der Waals surface area contributed by atoms with E-state index in [9.17, 15) is 4.79 Å². The van der Waals surface area contributed by atoms with Crippen molar-refractivity contribution in [3.63, 3.8) is 0 Å². The Balaban J connectivity index is 1.80. The van der Waals surface area contributed by atoms with Crippen LogP contribution in [0.5, 0.6) is 5.75 Å². The zero-order chi connectivity index (χ0) is 22.1. The second-order valence-corrected chi connectivity index (χ2v) is 8.29. The Hall–Kier alpha value is -2.42. The van der Waals surface area contributed by atoms with Crippen LogP contribution in [0, 0.1) is 0 Å². The number of rotatable bonds is 11. The number of aliphatic hydroxyl groups excluding tert-OH is 1. The Kier molecular flexibility index (Phi) is 8.45. The van der Waals surface area contributed by atoms with Crippen LogP contribution in [0.1, 0.15) is 30.9 Å². The van der Waals surface area contributed by atoms with Gasteiger partial charge in [0.05, 0.1) is 6.61 Å². The van der Waals surface area contributed by atoms with Gasteiger partial charge in [0.2, 0.25) is 5.90 Å². The SMILES string of the molecule is CCCNNC(=O)[C@]1(Cc2ccc(Br)cc2)COC(c2ccc(OCCCO)cc2)=N1. The number of aliphatic imine (C=N–C) groups is 1. The van der Waals surface area contributed by atoms with Crippen molar-refractivity contribution >= 4 is 27.7 Å². The Morgan fingerprint density at radius 1 is 1.23 bits per heavy atom. The normalized spacial score (nSPS) is 17.7. The van der Waals surface area contributed by atoms with Crippen LogP contribution in [0.15, 0.2) is 58.0 Å². The number of aliphatic hydroxyl groups is 1. The minimum atomic E-state index is -1.06. The van der Waals surface area contributed by atoms with Crippen LogP contribution in [-0.4, -0.2) is 48.8 Å². The molecule has 166 valence electrons. The highest BCUT2D eigenvalue weighted by Gasteiger charge is 2.44. The minimum Gasteiger partial charge on any atom is -0.494 e. The quantitative estimate of drug-likeness (QED) is 0.333. The molecule has 0 fully saturated rings. The highest BCUT2D eigenvalue weighted by molar-refractivity contribution is 9.10. The lowest BCUT2D eigenvalue weighted by atomic mass is 9.91. The molecule has 1 amide bonds. The summed E-state index contributed by atoms with van der Waals surface area (Å²) in [6.07, 6.45) is 1.90. The lowest BCUT2D eigenvalue weighted by Gasteiger charge is -2.23. The van der Waals surface area contributed by atoms with Crippen molar-refractivity contribution < 1.29 is 19.4 Å². The number of benzene rings is 2. The van der Waals surface area contributed by atoms with E-state index < -0.39 is 5.54 Å². The molecule has 31 heavy (non-hydrogen) atoms. The molecule has 0 spiro atoms. The Labute approximate surface area is 191 Å². The smallest absolute Gasteiger partial charge is 0.266 e. The molecule has 3 rings (SSSR count). The van der Waals surface area contributed by atoms with Crippen LogP contribution in [0.4, 0.5) is 0 Å². The van der Waals surface area contributed by atoms with Crippen molar-refractivity contribution in [3.8, 4) is 5.75 Å². The van der Waals surface area contributed by atoms with E-state index in [0.717, 1.165) is 22.0 Å². The molecule has 2 aromatic carbocycles. The van der Waals surface area contributed by atoms with Gasteiger partial charge in [0.25, 0.3) is 5.91 Å². The number of hydrogen-bond acceptors (Lipinski definition) is 6. The Morgan fingerprint density at radius 2 is 1.97 bits per heavy atom. The van der Waals surface area contributed by atoms with Crippen LogP contribution in [0.3, 0.4) is 0 Å². The monoisotopic (exact) mass is 489 g/mol. The van der Waals surface area contributed by atoms with Crippen molar-refractivity contribution in [3.05, 3.63) is 64.1 Å². The molecule has 0 saturated heterocycles. The Morgan fingerprint density at radius 3 is 2.65 bits per heavy atom. The predicted molar refractivity (Wildman–Crippen MR) is 123 cm³/mol. The van der Waals surface area contributed by atoms with Gasteiger partial charge in [0, 0.05) is 36.0 Å². The van der Waals surface area contributed by atoms with Gasteiger partial charge < -0.3 is 14.6 Å². The summed E-state index contributed by atoms with van der Waals surface area (Å²) in [5.41, 5.74) is 6.45.